The van der Waals surface area contributed by atoms with Gasteiger partial charge in [-0.05, 0) is 65.0 Å². The SMILES string of the molecule is CCc1ccc(-c2ccc(-c3ccc(C4CCC(C)CC4)cc3)cc2F)cc1. The van der Waals surface area contributed by atoms with Crippen LogP contribution in [0.15, 0.2) is 66.7 Å². The first-order valence-electron chi connectivity index (χ1n) is 10.6. The van der Waals surface area contributed by atoms with E-state index in [1.165, 1.54) is 36.8 Å². The lowest BCUT2D eigenvalue weighted by Crippen LogP contribution is -2.10. The highest BCUT2D eigenvalue weighted by Gasteiger charge is 2.19. The number of halogens is 1. The van der Waals surface area contributed by atoms with Gasteiger partial charge in [0.2, 0.25) is 0 Å². The zero-order chi connectivity index (χ0) is 19.5. The molecular formula is C27H29F. The van der Waals surface area contributed by atoms with Gasteiger partial charge in [0.05, 0.1) is 0 Å². The molecule has 1 fully saturated rings. The van der Waals surface area contributed by atoms with Crippen molar-refractivity contribution in [2.24, 2.45) is 5.92 Å². The third-order valence-corrected chi connectivity index (χ3v) is 6.37. The summed E-state index contributed by atoms with van der Waals surface area (Å²) in [7, 11) is 0. The van der Waals surface area contributed by atoms with Crippen LogP contribution in [0.4, 0.5) is 4.39 Å². The molecule has 0 spiro atoms. The molecule has 1 saturated carbocycles. The van der Waals surface area contributed by atoms with Gasteiger partial charge in [-0.3, -0.25) is 0 Å². The molecule has 0 aromatic heterocycles. The van der Waals surface area contributed by atoms with E-state index in [0.29, 0.717) is 11.5 Å². The van der Waals surface area contributed by atoms with Crippen molar-refractivity contribution in [1.82, 2.24) is 0 Å². The maximum Gasteiger partial charge on any atom is 0.131 e. The minimum Gasteiger partial charge on any atom is -0.206 e. The molecule has 0 aliphatic heterocycles. The molecular weight excluding hydrogens is 343 g/mol. The van der Waals surface area contributed by atoms with Crippen molar-refractivity contribution in [3.63, 3.8) is 0 Å². The Hall–Kier alpha value is -2.41. The van der Waals surface area contributed by atoms with Gasteiger partial charge >= 0.3 is 0 Å². The fraction of sp³-hybridized carbons (Fsp3) is 0.333. The van der Waals surface area contributed by atoms with E-state index < -0.39 is 0 Å². The zero-order valence-electron chi connectivity index (χ0n) is 16.9. The van der Waals surface area contributed by atoms with Crippen molar-refractivity contribution in [2.45, 2.75) is 51.9 Å². The van der Waals surface area contributed by atoms with Gasteiger partial charge in [0.1, 0.15) is 5.82 Å². The molecule has 0 saturated heterocycles. The van der Waals surface area contributed by atoms with Gasteiger partial charge in [0.15, 0.2) is 0 Å². The van der Waals surface area contributed by atoms with Crippen LogP contribution in [0, 0.1) is 11.7 Å². The van der Waals surface area contributed by atoms with E-state index in [-0.39, 0.29) is 5.82 Å². The highest BCUT2D eigenvalue weighted by Crippen LogP contribution is 2.36. The van der Waals surface area contributed by atoms with Gasteiger partial charge in [0, 0.05) is 5.56 Å². The molecule has 0 unspecified atom stereocenters. The summed E-state index contributed by atoms with van der Waals surface area (Å²) >= 11 is 0. The molecule has 144 valence electrons. The van der Waals surface area contributed by atoms with E-state index in [0.717, 1.165) is 29.0 Å². The van der Waals surface area contributed by atoms with Crippen molar-refractivity contribution in [1.29, 1.82) is 0 Å². The topological polar surface area (TPSA) is 0 Å². The highest BCUT2D eigenvalue weighted by atomic mass is 19.1. The number of benzene rings is 3. The molecule has 3 aromatic carbocycles. The fourth-order valence-electron chi connectivity index (χ4n) is 4.39. The second kappa shape index (κ2) is 8.31. The van der Waals surface area contributed by atoms with Crippen molar-refractivity contribution < 1.29 is 4.39 Å². The summed E-state index contributed by atoms with van der Waals surface area (Å²) in [4.78, 5) is 0. The summed E-state index contributed by atoms with van der Waals surface area (Å²) in [6.07, 6.45) is 6.25. The van der Waals surface area contributed by atoms with Crippen molar-refractivity contribution >= 4 is 0 Å². The highest BCUT2D eigenvalue weighted by molar-refractivity contribution is 5.71. The average Bonchev–Trinajstić information content (AvgIpc) is 2.74. The van der Waals surface area contributed by atoms with E-state index in [1.807, 2.05) is 24.3 Å². The monoisotopic (exact) mass is 372 g/mol. The van der Waals surface area contributed by atoms with Crippen LogP contribution in [0.5, 0.6) is 0 Å². The Balaban J connectivity index is 1.53. The molecule has 0 N–H and O–H groups in total. The lowest BCUT2D eigenvalue weighted by molar-refractivity contribution is 0.348. The van der Waals surface area contributed by atoms with E-state index >= 15 is 0 Å². The van der Waals surface area contributed by atoms with Crippen LogP contribution >= 0.6 is 0 Å². The summed E-state index contributed by atoms with van der Waals surface area (Å²) in [5.74, 6) is 1.40. The Kier molecular flexibility index (Phi) is 5.62. The minimum atomic E-state index is -0.160. The first-order chi connectivity index (χ1) is 13.6. The van der Waals surface area contributed by atoms with Gasteiger partial charge in [-0.2, -0.15) is 0 Å². The quantitative estimate of drug-likeness (QED) is 0.435. The smallest absolute Gasteiger partial charge is 0.131 e. The standard InChI is InChI=1S/C27H29F/c1-3-20-6-10-24(11-7-20)26-17-16-25(18-27(26)28)23-14-12-22(13-15-23)21-8-4-19(2)5-9-21/h6-7,10-19,21H,3-5,8-9H2,1-2H3. The second-order valence-electron chi connectivity index (χ2n) is 8.32. The second-order valence-corrected chi connectivity index (χ2v) is 8.32. The minimum absolute atomic E-state index is 0.160. The molecule has 1 heteroatoms. The Morgan fingerprint density at radius 3 is 1.96 bits per heavy atom. The molecule has 0 nitrogen and oxygen atoms in total. The van der Waals surface area contributed by atoms with Gasteiger partial charge < -0.3 is 0 Å². The molecule has 4 rings (SSSR count). The lowest BCUT2D eigenvalue weighted by Gasteiger charge is -2.26. The third kappa shape index (κ3) is 4.04. The van der Waals surface area contributed by atoms with E-state index in [4.69, 9.17) is 0 Å². The summed E-state index contributed by atoms with van der Waals surface area (Å²) in [6, 6.07) is 22.6. The summed E-state index contributed by atoms with van der Waals surface area (Å²) < 4.78 is 14.8. The van der Waals surface area contributed by atoms with Crippen molar-refractivity contribution in [3.05, 3.63) is 83.7 Å². The molecule has 1 aliphatic rings. The Morgan fingerprint density at radius 2 is 1.36 bits per heavy atom. The molecule has 0 bridgehead atoms. The summed E-state index contributed by atoms with van der Waals surface area (Å²) in [6.45, 7) is 4.49. The zero-order valence-corrected chi connectivity index (χ0v) is 16.9. The molecule has 28 heavy (non-hydrogen) atoms. The van der Waals surface area contributed by atoms with Crippen LogP contribution in [-0.2, 0) is 6.42 Å². The first-order valence-corrected chi connectivity index (χ1v) is 10.6. The van der Waals surface area contributed by atoms with E-state index in [9.17, 15) is 4.39 Å². The third-order valence-electron chi connectivity index (χ3n) is 6.37. The van der Waals surface area contributed by atoms with Crippen LogP contribution < -0.4 is 0 Å². The lowest BCUT2D eigenvalue weighted by atomic mass is 9.79. The van der Waals surface area contributed by atoms with Crippen molar-refractivity contribution in [3.8, 4) is 22.3 Å². The normalized spacial score (nSPS) is 19.5. The Morgan fingerprint density at radius 1 is 0.750 bits per heavy atom. The molecule has 3 aromatic rings. The summed E-state index contributed by atoms with van der Waals surface area (Å²) in [5, 5.41) is 0. The van der Waals surface area contributed by atoms with Gasteiger partial charge in [-0.15, -0.1) is 0 Å². The van der Waals surface area contributed by atoms with Crippen LogP contribution in [-0.4, -0.2) is 0 Å². The Bertz CT molecular complexity index is 913. The molecule has 1 aliphatic carbocycles. The van der Waals surface area contributed by atoms with Crippen LogP contribution in [0.1, 0.15) is 56.6 Å². The van der Waals surface area contributed by atoms with Crippen LogP contribution in [0.25, 0.3) is 22.3 Å². The number of hydrogen-bond acceptors (Lipinski definition) is 0. The predicted molar refractivity (Wildman–Crippen MR) is 117 cm³/mol. The fourth-order valence-corrected chi connectivity index (χ4v) is 4.39. The van der Waals surface area contributed by atoms with E-state index in [1.54, 1.807) is 6.07 Å². The van der Waals surface area contributed by atoms with Crippen molar-refractivity contribution in [2.75, 3.05) is 0 Å². The number of hydrogen-bond donors (Lipinski definition) is 0. The first kappa shape index (κ1) is 18.9. The summed E-state index contributed by atoms with van der Waals surface area (Å²) in [5.41, 5.74) is 6.33. The number of rotatable bonds is 4. The van der Waals surface area contributed by atoms with Gasteiger partial charge in [0.25, 0.3) is 0 Å². The van der Waals surface area contributed by atoms with Gasteiger partial charge in [-0.25, -0.2) is 4.39 Å². The average molecular weight is 373 g/mol. The van der Waals surface area contributed by atoms with Crippen LogP contribution in [0.2, 0.25) is 0 Å². The molecule has 0 heterocycles. The van der Waals surface area contributed by atoms with E-state index in [2.05, 4.69) is 50.2 Å². The molecule has 0 radical (unpaired) electrons. The predicted octanol–water partition coefficient (Wildman–Crippen LogP) is 8.02. The molecule has 0 atom stereocenters. The Labute approximate surface area is 168 Å². The van der Waals surface area contributed by atoms with Gasteiger partial charge in [-0.1, -0.05) is 87.4 Å². The maximum atomic E-state index is 14.8. The maximum absolute atomic E-state index is 14.8. The largest absolute Gasteiger partial charge is 0.206 e. The van der Waals surface area contributed by atoms with Crippen LogP contribution in [0.3, 0.4) is 0 Å². The molecule has 0 amide bonds. The number of aryl methyl sites for hydroxylation is 1.